The molecular formula is C13H7BrCl2F2O. The summed E-state index contributed by atoms with van der Waals surface area (Å²) >= 11 is 14.6. The fourth-order valence-corrected chi connectivity index (χ4v) is 2.42. The van der Waals surface area contributed by atoms with Gasteiger partial charge in [-0.3, -0.25) is 0 Å². The Morgan fingerprint density at radius 3 is 2.47 bits per heavy atom. The molecule has 2 aromatic rings. The first-order chi connectivity index (χ1) is 8.91. The van der Waals surface area contributed by atoms with E-state index in [1.54, 1.807) is 0 Å². The molecule has 1 N–H and O–H groups in total. The molecule has 0 aliphatic heterocycles. The highest BCUT2D eigenvalue weighted by atomic mass is 79.9. The molecule has 1 atom stereocenters. The first kappa shape index (κ1) is 14.7. The zero-order chi connectivity index (χ0) is 14.2. The summed E-state index contributed by atoms with van der Waals surface area (Å²) in [4.78, 5) is 0. The average molecular weight is 368 g/mol. The van der Waals surface area contributed by atoms with Gasteiger partial charge < -0.3 is 5.11 Å². The van der Waals surface area contributed by atoms with Crippen molar-refractivity contribution in [3.63, 3.8) is 0 Å². The monoisotopic (exact) mass is 366 g/mol. The van der Waals surface area contributed by atoms with Crippen molar-refractivity contribution in [1.82, 2.24) is 0 Å². The number of hydrogen-bond acceptors (Lipinski definition) is 1. The molecular weight excluding hydrogens is 361 g/mol. The Hall–Kier alpha value is -0.680. The van der Waals surface area contributed by atoms with E-state index in [9.17, 15) is 13.9 Å². The van der Waals surface area contributed by atoms with E-state index < -0.39 is 23.3 Å². The van der Waals surface area contributed by atoms with Crippen molar-refractivity contribution in [2.75, 3.05) is 0 Å². The van der Waals surface area contributed by atoms with Gasteiger partial charge >= 0.3 is 0 Å². The predicted molar refractivity (Wildman–Crippen MR) is 74.6 cm³/mol. The Labute approximate surface area is 126 Å². The van der Waals surface area contributed by atoms with E-state index >= 15 is 0 Å². The van der Waals surface area contributed by atoms with Gasteiger partial charge in [0.25, 0.3) is 0 Å². The smallest absolute Gasteiger partial charge is 0.146 e. The maximum absolute atomic E-state index is 13.9. The molecule has 2 aromatic carbocycles. The van der Waals surface area contributed by atoms with Crippen LogP contribution in [0.25, 0.3) is 0 Å². The lowest BCUT2D eigenvalue weighted by atomic mass is 10.0. The van der Waals surface area contributed by atoms with Gasteiger partial charge in [0.05, 0.1) is 10.0 Å². The Bertz CT molecular complexity index is 634. The lowest BCUT2D eigenvalue weighted by Gasteiger charge is -2.15. The summed E-state index contributed by atoms with van der Waals surface area (Å²) in [7, 11) is 0. The van der Waals surface area contributed by atoms with Gasteiger partial charge in [-0.15, -0.1) is 0 Å². The Morgan fingerprint density at radius 2 is 1.79 bits per heavy atom. The molecule has 6 heteroatoms. The first-order valence-electron chi connectivity index (χ1n) is 5.18. The van der Waals surface area contributed by atoms with Crippen LogP contribution in [0.5, 0.6) is 0 Å². The lowest BCUT2D eigenvalue weighted by molar-refractivity contribution is 0.209. The summed E-state index contributed by atoms with van der Waals surface area (Å²) in [6.07, 6.45) is -1.54. The molecule has 2 rings (SSSR count). The molecule has 0 amide bonds. The van der Waals surface area contributed by atoms with Gasteiger partial charge in [0, 0.05) is 15.6 Å². The largest absolute Gasteiger partial charge is 0.383 e. The molecule has 1 nitrogen and oxygen atoms in total. The predicted octanol–water partition coefficient (Wildman–Crippen LogP) is 5.12. The van der Waals surface area contributed by atoms with Crippen molar-refractivity contribution in [1.29, 1.82) is 0 Å². The van der Waals surface area contributed by atoms with Crippen LogP contribution in [0.3, 0.4) is 0 Å². The first-order valence-corrected chi connectivity index (χ1v) is 6.73. The maximum Gasteiger partial charge on any atom is 0.146 e. The van der Waals surface area contributed by atoms with Crippen LogP contribution in [0.4, 0.5) is 8.78 Å². The van der Waals surface area contributed by atoms with Crippen molar-refractivity contribution in [2.24, 2.45) is 0 Å². The van der Waals surface area contributed by atoms with Crippen molar-refractivity contribution in [3.8, 4) is 0 Å². The quantitative estimate of drug-likeness (QED) is 0.730. The molecule has 0 bridgehead atoms. The van der Waals surface area contributed by atoms with Crippen molar-refractivity contribution >= 4 is 39.1 Å². The number of hydrogen-bond donors (Lipinski definition) is 1. The Kier molecular flexibility index (Phi) is 4.46. The van der Waals surface area contributed by atoms with E-state index in [4.69, 9.17) is 23.2 Å². The highest BCUT2D eigenvalue weighted by Gasteiger charge is 2.23. The molecule has 0 aliphatic carbocycles. The topological polar surface area (TPSA) is 20.2 Å². The summed E-state index contributed by atoms with van der Waals surface area (Å²) in [6, 6.07) is 6.63. The van der Waals surface area contributed by atoms with Gasteiger partial charge in [-0.05, 0) is 46.3 Å². The highest BCUT2D eigenvalue weighted by molar-refractivity contribution is 9.10. The van der Waals surface area contributed by atoms with Gasteiger partial charge in [-0.1, -0.05) is 23.2 Å². The van der Waals surface area contributed by atoms with Crippen LogP contribution < -0.4 is 0 Å². The number of aliphatic hydroxyl groups is 1. The standard InChI is InChI=1S/C13H7BrCl2F2O/c14-8-2-4-10(17)11(12(8)18)13(19)7-5-6(15)1-3-9(7)16/h1-5,13,19H. The summed E-state index contributed by atoms with van der Waals surface area (Å²) < 4.78 is 27.7. The minimum absolute atomic E-state index is 0.0566. The summed E-state index contributed by atoms with van der Waals surface area (Å²) in [6.45, 7) is 0. The van der Waals surface area contributed by atoms with Crippen LogP contribution in [-0.2, 0) is 0 Å². The summed E-state index contributed by atoms with van der Waals surface area (Å²) in [5, 5.41) is 10.6. The zero-order valence-electron chi connectivity index (χ0n) is 9.30. The molecule has 100 valence electrons. The van der Waals surface area contributed by atoms with Crippen molar-refractivity contribution < 1.29 is 13.9 Å². The molecule has 19 heavy (non-hydrogen) atoms. The Balaban J connectivity index is 2.59. The van der Waals surface area contributed by atoms with Crippen LogP contribution in [-0.4, -0.2) is 5.11 Å². The number of halogens is 5. The molecule has 0 heterocycles. The van der Waals surface area contributed by atoms with Crippen molar-refractivity contribution in [2.45, 2.75) is 6.10 Å². The fraction of sp³-hybridized carbons (Fsp3) is 0.0769. The third-order valence-corrected chi connectivity index (χ3v) is 3.80. The number of aliphatic hydroxyl groups excluding tert-OH is 1. The average Bonchev–Trinajstić information content (AvgIpc) is 2.37. The van der Waals surface area contributed by atoms with Crippen LogP contribution in [0.1, 0.15) is 17.2 Å². The maximum atomic E-state index is 13.9. The molecule has 0 aromatic heterocycles. The van der Waals surface area contributed by atoms with E-state index in [0.29, 0.717) is 5.02 Å². The van der Waals surface area contributed by atoms with E-state index in [2.05, 4.69) is 15.9 Å². The molecule has 0 radical (unpaired) electrons. The zero-order valence-corrected chi connectivity index (χ0v) is 12.4. The van der Waals surface area contributed by atoms with Crippen LogP contribution in [0.15, 0.2) is 34.8 Å². The van der Waals surface area contributed by atoms with E-state index in [-0.39, 0.29) is 15.1 Å². The highest BCUT2D eigenvalue weighted by Crippen LogP contribution is 2.34. The van der Waals surface area contributed by atoms with Gasteiger partial charge in [0.15, 0.2) is 0 Å². The number of rotatable bonds is 2. The number of benzene rings is 2. The van der Waals surface area contributed by atoms with Gasteiger partial charge in [0.1, 0.15) is 17.7 Å². The normalized spacial score (nSPS) is 12.5. The minimum atomic E-state index is -1.54. The molecule has 0 saturated heterocycles. The molecule has 0 aliphatic rings. The Morgan fingerprint density at radius 1 is 1.11 bits per heavy atom. The van der Waals surface area contributed by atoms with Crippen LogP contribution >= 0.6 is 39.1 Å². The second kappa shape index (κ2) is 5.75. The summed E-state index contributed by atoms with van der Waals surface area (Å²) in [5.41, 5.74) is -0.330. The van der Waals surface area contributed by atoms with E-state index in [1.165, 1.54) is 24.3 Å². The molecule has 1 unspecified atom stereocenters. The van der Waals surface area contributed by atoms with E-state index in [0.717, 1.165) is 6.07 Å². The second-order valence-corrected chi connectivity index (χ2v) is 5.52. The van der Waals surface area contributed by atoms with Crippen molar-refractivity contribution in [3.05, 3.63) is 67.6 Å². The van der Waals surface area contributed by atoms with Gasteiger partial charge in [-0.2, -0.15) is 0 Å². The minimum Gasteiger partial charge on any atom is -0.383 e. The third-order valence-electron chi connectivity index (χ3n) is 2.61. The van der Waals surface area contributed by atoms with Crippen LogP contribution in [0, 0.1) is 11.6 Å². The second-order valence-electron chi connectivity index (χ2n) is 3.83. The van der Waals surface area contributed by atoms with Crippen LogP contribution in [0.2, 0.25) is 10.0 Å². The summed E-state index contributed by atoms with van der Waals surface area (Å²) in [5.74, 6) is -1.73. The van der Waals surface area contributed by atoms with Gasteiger partial charge in [-0.25, -0.2) is 8.78 Å². The fourth-order valence-electron chi connectivity index (χ4n) is 1.67. The molecule has 0 spiro atoms. The lowest BCUT2D eigenvalue weighted by Crippen LogP contribution is -2.07. The third kappa shape index (κ3) is 2.92. The SMILES string of the molecule is OC(c1cc(Cl)ccc1Cl)c1c(F)ccc(Br)c1F. The molecule has 0 fully saturated rings. The van der Waals surface area contributed by atoms with Gasteiger partial charge in [0.2, 0.25) is 0 Å². The molecule has 0 saturated carbocycles. The van der Waals surface area contributed by atoms with E-state index in [1.807, 2.05) is 0 Å².